The Hall–Kier alpha value is -2.42. The minimum atomic E-state index is -0.269. The molecule has 0 aliphatic heterocycles. The molecule has 1 heterocycles. The summed E-state index contributed by atoms with van der Waals surface area (Å²) in [6, 6.07) is 18.4. The number of rotatable bonds is 4. The van der Waals surface area contributed by atoms with Crippen LogP contribution in [0.5, 0.6) is 0 Å². The fraction of sp³-hybridized carbons (Fsp3) is 0.263. The summed E-state index contributed by atoms with van der Waals surface area (Å²) in [5, 5.41) is 4.20. The Labute approximate surface area is 131 Å². The minimum absolute atomic E-state index is 0.269. The number of hydrogen-bond donors (Lipinski definition) is 0. The van der Waals surface area contributed by atoms with E-state index in [0.717, 1.165) is 17.5 Å². The SMILES string of the molecule is CCC(C)(c1ccccc1)c1nc(-c2ccccc2C)no1. The second kappa shape index (κ2) is 5.76. The first-order chi connectivity index (χ1) is 10.6. The first-order valence-electron chi connectivity index (χ1n) is 7.61. The lowest BCUT2D eigenvalue weighted by molar-refractivity contribution is 0.316. The van der Waals surface area contributed by atoms with Gasteiger partial charge in [-0.2, -0.15) is 4.98 Å². The molecule has 1 atom stereocenters. The highest BCUT2D eigenvalue weighted by molar-refractivity contribution is 5.59. The van der Waals surface area contributed by atoms with Gasteiger partial charge in [0.1, 0.15) is 0 Å². The third kappa shape index (κ3) is 2.43. The normalized spacial score (nSPS) is 13.8. The van der Waals surface area contributed by atoms with Crippen LogP contribution in [-0.2, 0) is 5.41 Å². The molecule has 0 aliphatic rings. The number of benzene rings is 2. The molecule has 3 nitrogen and oxygen atoms in total. The molecule has 0 radical (unpaired) electrons. The Bertz CT molecular complexity index is 764. The van der Waals surface area contributed by atoms with Gasteiger partial charge in [0.25, 0.3) is 0 Å². The quantitative estimate of drug-likeness (QED) is 0.696. The molecule has 0 N–H and O–H groups in total. The molecule has 112 valence electrons. The Morgan fingerprint density at radius 2 is 1.68 bits per heavy atom. The molecule has 0 saturated heterocycles. The van der Waals surface area contributed by atoms with E-state index in [4.69, 9.17) is 4.52 Å². The molecule has 1 aromatic heterocycles. The van der Waals surface area contributed by atoms with E-state index in [-0.39, 0.29) is 5.41 Å². The van der Waals surface area contributed by atoms with Crippen LogP contribution in [0.1, 0.15) is 37.3 Å². The molecule has 3 rings (SSSR count). The van der Waals surface area contributed by atoms with Gasteiger partial charge < -0.3 is 4.52 Å². The molecule has 0 bridgehead atoms. The Kier molecular flexibility index (Phi) is 3.80. The number of nitrogens with zero attached hydrogens (tertiary/aromatic N) is 2. The van der Waals surface area contributed by atoms with Crippen LogP contribution >= 0.6 is 0 Å². The van der Waals surface area contributed by atoms with Gasteiger partial charge in [-0.05, 0) is 31.4 Å². The van der Waals surface area contributed by atoms with Gasteiger partial charge in [-0.1, -0.05) is 66.7 Å². The van der Waals surface area contributed by atoms with Crippen molar-refractivity contribution in [3.05, 3.63) is 71.6 Å². The first kappa shape index (κ1) is 14.5. The van der Waals surface area contributed by atoms with Crippen molar-refractivity contribution in [2.75, 3.05) is 0 Å². The molecule has 1 unspecified atom stereocenters. The van der Waals surface area contributed by atoms with Gasteiger partial charge in [0.05, 0.1) is 5.41 Å². The van der Waals surface area contributed by atoms with Crippen molar-refractivity contribution in [2.45, 2.75) is 32.6 Å². The molecule has 0 aliphatic carbocycles. The maximum Gasteiger partial charge on any atom is 0.237 e. The summed E-state index contributed by atoms with van der Waals surface area (Å²) in [5.41, 5.74) is 3.09. The van der Waals surface area contributed by atoms with Gasteiger partial charge in [-0.25, -0.2) is 0 Å². The fourth-order valence-corrected chi connectivity index (χ4v) is 2.67. The van der Waals surface area contributed by atoms with Gasteiger partial charge in [0.2, 0.25) is 11.7 Å². The summed E-state index contributed by atoms with van der Waals surface area (Å²) >= 11 is 0. The average molecular weight is 292 g/mol. The molecule has 0 fully saturated rings. The summed E-state index contributed by atoms with van der Waals surface area (Å²) in [6.45, 7) is 6.35. The molecule has 22 heavy (non-hydrogen) atoms. The van der Waals surface area contributed by atoms with Crippen molar-refractivity contribution in [3.63, 3.8) is 0 Å². The summed E-state index contributed by atoms with van der Waals surface area (Å²) < 4.78 is 5.62. The smallest absolute Gasteiger partial charge is 0.237 e. The van der Waals surface area contributed by atoms with Crippen molar-refractivity contribution in [1.82, 2.24) is 10.1 Å². The summed E-state index contributed by atoms with van der Waals surface area (Å²) in [6.07, 6.45) is 0.895. The third-order valence-electron chi connectivity index (χ3n) is 4.40. The second-order valence-electron chi connectivity index (χ2n) is 5.79. The van der Waals surface area contributed by atoms with E-state index in [1.54, 1.807) is 0 Å². The minimum Gasteiger partial charge on any atom is -0.338 e. The summed E-state index contributed by atoms with van der Waals surface area (Å²) in [4.78, 5) is 4.68. The van der Waals surface area contributed by atoms with Gasteiger partial charge in [0.15, 0.2) is 0 Å². The lowest BCUT2D eigenvalue weighted by Crippen LogP contribution is -2.23. The Balaban J connectivity index is 2.04. The molecular weight excluding hydrogens is 272 g/mol. The first-order valence-corrected chi connectivity index (χ1v) is 7.61. The molecule has 3 heteroatoms. The van der Waals surface area contributed by atoms with Crippen LogP contribution in [0.25, 0.3) is 11.4 Å². The van der Waals surface area contributed by atoms with Gasteiger partial charge >= 0.3 is 0 Å². The second-order valence-corrected chi connectivity index (χ2v) is 5.79. The summed E-state index contributed by atoms with van der Waals surface area (Å²) in [7, 11) is 0. The predicted molar refractivity (Wildman–Crippen MR) is 87.7 cm³/mol. The van der Waals surface area contributed by atoms with Gasteiger partial charge in [-0.15, -0.1) is 0 Å². The van der Waals surface area contributed by atoms with E-state index in [0.29, 0.717) is 11.7 Å². The monoisotopic (exact) mass is 292 g/mol. The highest BCUT2D eigenvalue weighted by atomic mass is 16.5. The topological polar surface area (TPSA) is 38.9 Å². The maximum absolute atomic E-state index is 5.62. The molecule has 0 spiro atoms. The van der Waals surface area contributed by atoms with Crippen LogP contribution in [0.2, 0.25) is 0 Å². The third-order valence-corrected chi connectivity index (χ3v) is 4.40. The molecular formula is C19H20N2O. The maximum atomic E-state index is 5.62. The number of aryl methyl sites for hydroxylation is 1. The van der Waals surface area contributed by atoms with E-state index < -0.39 is 0 Å². The summed E-state index contributed by atoms with van der Waals surface area (Å²) in [5.74, 6) is 1.32. The van der Waals surface area contributed by atoms with Crippen LogP contribution in [-0.4, -0.2) is 10.1 Å². The standard InChI is InChI=1S/C19H20N2O/c1-4-19(3,15-11-6-5-7-12-15)18-20-17(21-22-18)16-13-9-8-10-14(16)2/h5-13H,4H2,1-3H3. The Morgan fingerprint density at radius 1 is 1.00 bits per heavy atom. The zero-order chi connectivity index (χ0) is 15.6. The number of aromatic nitrogens is 2. The van der Waals surface area contributed by atoms with Crippen molar-refractivity contribution >= 4 is 0 Å². The van der Waals surface area contributed by atoms with E-state index >= 15 is 0 Å². The van der Waals surface area contributed by atoms with Crippen molar-refractivity contribution < 1.29 is 4.52 Å². The van der Waals surface area contributed by atoms with Crippen molar-refractivity contribution in [2.24, 2.45) is 0 Å². The van der Waals surface area contributed by atoms with Crippen LogP contribution in [0.15, 0.2) is 59.1 Å². The lowest BCUT2D eigenvalue weighted by Gasteiger charge is -2.24. The van der Waals surface area contributed by atoms with E-state index in [9.17, 15) is 0 Å². The zero-order valence-electron chi connectivity index (χ0n) is 13.2. The lowest BCUT2D eigenvalue weighted by atomic mass is 9.80. The molecule has 3 aromatic rings. The number of hydrogen-bond acceptors (Lipinski definition) is 3. The van der Waals surface area contributed by atoms with Gasteiger partial charge in [-0.3, -0.25) is 0 Å². The van der Waals surface area contributed by atoms with Gasteiger partial charge in [0, 0.05) is 5.56 Å². The highest BCUT2D eigenvalue weighted by Gasteiger charge is 2.33. The fourth-order valence-electron chi connectivity index (χ4n) is 2.67. The van der Waals surface area contributed by atoms with Crippen LogP contribution in [0, 0.1) is 6.92 Å². The molecule has 0 amide bonds. The van der Waals surface area contributed by atoms with E-state index in [1.165, 1.54) is 5.56 Å². The molecule has 2 aromatic carbocycles. The van der Waals surface area contributed by atoms with Crippen LogP contribution in [0.4, 0.5) is 0 Å². The Morgan fingerprint density at radius 3 is 2.36 bits per heavy atom. The average Bonchev–Trinajstić information content (AvgIpc) is 3.05. The van der Waals surface area contributed by atoms with Crippen molar-refractivity contribution in [1.29, 1.82) is 0 Å². The zero-order valence-corrected chi connectivity index (χ0v) is 13.2. The van der Waals surface area contributed by atoms with E-state index in [2.05, 4.69) is 49.1 Å². The van der Waals surface area contributed by atoms with Crippen LogP contribution < -0.4 is 0 Å². The largest absolute Gasteiger partial charge is 0.338 e. The predicted octanol–water partition coefficient (Wildman–Crippen LogP) is 4.76. The molecule has 0 saturated carbocycles. The van der Waals surface area contributed by atoms with E-state index in [1.807, 2.05) is 36.4 Å². The van der Waals surface area contributed by atoms with Crippen LogP contribution in [0.3, 0.4) is 0 Å². The highest BCUT2D eigenvalue weighted by Crippen LogP contribution is 2.35. The van der Waals surface area contributed by atoms with Crippen molar-refractivity contribution in [3.8, 4) is 11.4 Å².